The number of aromatic nitrogens is 2. The van der Waals surface area contributed by atoms with Crippen LogP contribution in [0.5, 0.6) is 0 Å². The summed E-state index contributed by atoms with van der Waals surface area (Å²) in [7, 11) is 0. The highest BCUT2D eigenvalue weighted by Crippen LogP contribution is 2.43. The molecule has 3 heterocycles. The van der Waals surface area contributed by atoms with E-state index in [0.29, 0.717) is 10.1 Å². The number of nitrogens with one attached hydrogen (secondary N) is 1. The van der Waals surface area contributed by atoms with Crippen molar-refractivity contribution in [1.82, 2.24) is 14.9 Å². The lowest BCUT2D eigenvalue weighted by Gasteiger charge is -2.28. The second-order valence-corrected chi connectivity index (χ2v) is 8.94. The van der Waals surface area contributed by atoms with Crippen LogP contribution >= 0.6 is 23.8 Å². The van der Waals surface area contributed by atoms with Gasteiger partial charge in [0, 0.05) is 34.0 Å². The van der Waals surface area contributed by atoms with Crippen LogP contribution in [0.4, 0.5) is 10.1 Å². The zero-order valence-corrected chi connectivity index (χ0v) is 19.7. The van der Waals surface area contributed by atoms with E-state index in [9.17, 15) is 4.39 Å². The molecule has 1 fully saturated rings. The summed E-state index contributed by atoms with van der Waals surface area (Å²) in [6, 6.07) is 22.0. The molecule has 0 bridgehead atoms. The first-order chi connectivity index (χ1) is 15.9. The van der Waals surface area contributed by atoms with Gasteiger partial charge in [0.05, 0.1) is 17.8 Å². The van der Waals surface area contributed by atoms with Crippen molar-refractivity contribution in [2.45, 2.75) is 25.9 Å². The number of pyridine rings is 1. The minimum Gasteiger partial charge on any atom is -0.351 e. The molecule has 0 unspecified atom stereocenters. The molecule has 2 atom stereocenters. The Labute approximate surface area is 202 Å². The van der Waals surface area contributed by atoms with Crippen molar-refractivity contribution in [3.63, 3.8) is 0 Å². The molecule has 1 saturated heterocycles. The summed E-state index contributed by atoms with van der Waals surface area (Å²) in [5.41, 5.74) is 5.99. The molecular weight excluding hydrogens is 455 g/mol. The van der Waals surface area contributed by atoms with Crippen LogP contribution in [-0.4, -0.2) is 14.7 Å². The van der Waals surface area contributed by atoms with Gasteiger partial charge in [0.1, 0.15) is 5.82 Å². The Kier molecular flexibility index (Phi) is 5.64. The van der Waals surface area contributed by atoms with Gasteiger partial charge in [0.25, 0.3) is 0 Å². The number of anilines is 1. The van der Waals surface area contributed by atoms with Crippen molar-refractivity contribution in [2.75, 3.05) is 4.90 Å². The summed E-state index contributed by atoms with van der Waals surface area (Å²) >= 11 is 12.1. The lowest BCUT2D eigenvalue weighted by atomic mass is 9.96. The fraction of sp³-hybridized carbons (Fsp3) is 0.154. The van der Waals surface area contributed by atoms with E-state index in [2.05, 4.69) is 39.7 Å². The van der Waals surface area contributed by atoms with Gasteiger partial charge >= 0.3 is 0 Å². The molecule has 7 heteroatoms. The van der Waals surface area contributed by atoms with Gasteiger partial charge in [-0.05, 0) is 92.3 Å². The van der Waals surface area contributed by atoms with Crippen LogP contribution in [0.2, 0.25) is 5.02 Å². The molecule has 0 saturated carbocycles. The second kappa shape index (κ2) is 8.61. The Morgan fingerprint density at radius 2 is 1.76 bits per heavy atom. The molecule has 1 aliphatic heterocycles. The highest BCUT2D eigenvalue weighted by molar-refractivity contribution is 7.80. The molecule has 2 aromatic carbocycles. The largest absolute Gasteiger partial charge is 0.351 e. The number of thiocarbonyl (C=S) groups is 1. The van der Waals surface area contributed by atoms with Crippen LogP contribution in [0, 0.1) is 19.7 Å². The topological polar surface area (TPSA) is 33.1 Å². The van der Waals surface area contributed by atoms with Crippen molar-refractivity contribution in [2.24, 2.45) is 0 Å². The van der Waals surface area contributed by atoms with Gasteiger partial charge in [-0.1, -0.05) is 23.7 Å². The van der Waals surface area contributed by atoms with Crippen LogP contribution in [0.15, 0.2) is 79.0 Å². The van der Waals surface area contributed by atoms with E-state index in [4.69, 9.17) is 23.8 Å². The monoisotopic (exact) mass is 476 g/mol. The van der Waals surface area contributed by atoms with E-state index >= 15 is 0 Å². The van der Waals surface area contributed by atoms with Gasteiger partial charge in [-0.3, -0.25) is 4.98 Å². The van der Waals surface area contributed by atoms with Crippen LogP contribution in [0.3, 0.4) is 0 Å². The number of hydrogen-bond donors (Lipinski definition) is 1. The first kappa shape index (κ1) is 21.6. The van der Waals surface area contributed by atoms with Crippen molar-refractivity contribution >= 4 is 34.6 Å². The molecule has 5 rings (SSSR count). The van der Waals surface area contributed by atoms with Gasteiger partial charge < -0.3 is 14.8 Å². The predicted molar refractivity (Wildman–Crippen MR) is 135 cm³/mol. The maximum Gasteiger partial charge on any atom is 0.174 e. The molecule has 2 aromatic heterocycles. The quantitative estimate of drug-likeness (QED) is 0.343. The molecule has 1 N–H and O–H groups in total. The molecule has 166 valence electrons. The minimum absolute atomic E-state index is 0.169. The van der Waals surface area contributed by atoms with Crippen LogP contribution in [-0.2, 0) is 0 Å². The second-order valence-electron chi connectivity index (χ2n) is 8.11. The lowest BCUT2D eigenvalue weighted by Crippen LogP contribution is -2.29. The third kappa shape index (κ3) is 3.90. The molecule has 4 nitrogen and oxygen atoms in total. The summed E-state index contributed by atoms with van der Waals surface area (Å²) in [6.07, 6.45) is 1.78. The number of hydrogen-bond acceptors (Lipinski definition) is 2. The zero-order chi connectivity index (χ0) is 23.1. The van der Waals surface area contributed by atoms with Gasteiger partial charge in [-0.2, -0.15) is 0 Å². The molecule has 1 aliphatic rings. The van der Waals surface area contributed by atoms with Gasteiger partial charge in [-0.15, -0.1) is 0 Å². The van der Waals surface area contributed by atoms with E-state index in [-0.39, 0.29) is 17.9 Å². The Bertz CT molecular complexity index is 1320. The summed E-state index contributed by atoms with van der Waals surface area (Å²) < 4.78 is 15.9. The number of benzene rings is 2. The number of nitrogens with zero attached hydrogens (tertiary/aromatic N) is 3. The summed E-state index contributed by atoms with van der Waals surface area (Å²) in [6.45, 7) is 4.18. The van der Waals surface area contributed by atoms with Crippen molar-refractivity contribution < 1.29 is 4.39 Å². The van der Waals surface area contributed by atoms with Gasteiger partial charge in [-0.25, -0.2) is 4.39 Å². The normalized spacial score (nSPS) is 17.9. The third-order valence-corrected chi connectivity index (χ3v) is 6.61. The molecule has 0 aliphatic carbocycles. The van der Waals surface area contributed by atoms with Crippen molar-refractivity contribution in [3.05, 3.63) is 112 Å². The molecule has 0 radical (unpaired) electrons. The standard InChI is InChI=1S/C26H22ClFN4S/c1-16-14-22(17(2)31(16)21-7-5-6-18(27)15-21)25-24(23-8-3-4-13-29-23)30-26(33)32(25)20-11-9-19(28)10-12-20/h3-15,24-25H,1-2H3,(H,30,33)/t24-,25-/m0/s1. The van der Waals surface area contributed by atoms with Crippen LogP contribution in [0.25, 0.3) is 5.69 Å². The lowest BCUT2D eigenvalue weighted by molar-refractivity contribution is 0.565. The SMILES string of the molecule is Cc1cc([C@H]2[C@H](c3ccccn3)NC(=S)N2c2ccc(F)cc2)c(C)n1-c1cccc(Cl)c1. The fourth-order valence-electron chi connectivity index (χ4n) is 4.65. The summed E-state index contributed by atoms with van der Waals surface area (Å²) in [5.74, 6) is -0.284. The number of halogens is 2. The number of rotatable bonds is 4. The number of aryl methyl sites for hydroxylation is 1. The van der Waals surface area contributed by atoms with Crippen LogP contribution < -0.4 is 10.2 Å². The molecule has 4 aromatic rings. The van der Waals surface area contributed by atoms with Gasteiger partial charge in [0.15, 0.2) is 5.11 Å². The maximum absolute atomic E-state index is 13.7. The Hall–Kier alpha value is -3.22. The predicted octanol–water partition coefficient (Wildman–Crippen LogP) is 6.46. The molecule has 33 heavy (non-hydrogen) atoms. The van der Waals surface area contributed by atoms with E-state index < -0.39 is 0 Å². The average Bonchev–Trinajstić information content (AvgIpc) is 3.30. The van der Waals surface area contributed by atoms with Crippen LogP contribution in [0.1, 0.15) is 34.7 Å². The van der Waals surface area contributed by atoms with Crippen molar-refractivity contribution in [1.29, 1.82) is 0 Å². The van der Waals surface area contributed by atoms with E-state index in [1.54, 1.807) is 18.3 Å². The van der Waals surface area contributed by atoms with E-state index in [1.165, 1.54) is 12.1 Å². The summed E-state index contributed by atoms with van der Waals surface area (Å²) in [4.78, 5) is 6.66. The average molecular weight is 477 g/mol. The minimum atomic E-state index is -0.284. The maximum atomic E-state index is 13.7. The molecular formula is C26H22ClFN4S. The molecule has 0 spiro atoms. The van der Waals surface area contributed by atoms with E-state index in [0.717, 1.165) is 34.0 Å². The third-order valence-electron chi connectivity index (χ3n) is 6.06. The first-order valence-electron chi connectivity index (χ1n) is 10.6. The fourth-order valence-corrected chi connectivity index (χ4v) is 5.18. The Morgan fingerprint density at radius 3 is 2.45 bits per heavy atom. The highest BCUT2D eigenvalue weighted by atomic mass is 35.5. The summed E-state index contributed by atoms with van der Waals surface area (Å²) in [5, 5.41) is 4.72. The van der Waals surface area contributed by atoms with Crippen molar-refractivity contribution in [3.8, 4) is 5.69 Å². The first-order valence-corrected chi connectivity index (χ1v) is 11.4. The zero-order valence-electron chi connectivity index (χ0n) is 18.2. The Morgan fingerprint density at radius 1 is 0.970 bits per heavy atom. The smallest absolute Gasteiger partial charge is 0.174 e. The van der Waals surface area contributed by atoms with E-state index in [1.807, 2.05) is 42.5 Å². The Balaban J connectivity index is 1.68. The molecule has 0 amide bonds. The highest BCUT2D eigenvalue weighted by Gasteiger charge is 2.42. The van der Waals surface area contributed by atoms with Gasteiger partial charge in [0.2, 0.25) is 0 Å².